The van der Waals surface area contributed by atoms with Gasteiger partial charge < -0.3 is 10.1 Å². The SMILES string of the molecule is CC(C)(C)c1cn2cc(N)cc(Br)c2n1. The van der Waals surface area contributed by atoms with Crippen LogP contribution in [0.3, 0.4) is 0 Å². The quantitative estimate of drug-likeness (QED) is 0.798. The van der Waals surface area contributed by atoms with Crippen molar-refractivity contribution in [1.82, 2.24) is 9.38 Å². The van der Waals surface area contributed by atoms with Gasteiger partial charge in [0.15, 0.2) is 5.65 Å². The minimum Gasteiger partial charge on any atom is -0.397 e. The zero-order valence-electron chi connectivity index (χ0n) is 9.08. The van der Waals surface area contributed by atoms with Crippen LogP contribution < -0.4 is 5.73 Å². The fraction of sp³-hybridized carbons (Fsp3) is 0.364. The molecule has 0 fully saturated rings. The summed E-state index contributed by atoms with van der Waals surface area (Å²) in [6.07, 6.45) is 3.90. The number of hydrogen-bond acceptors (Lipinski definition) is 2. The largest absolute Gasteiger partial charge is 0.397 e. The summed E-state index contributed by atoms with van der Waals surface area (Å²) in [5, 5.41) is 0. The van der Waals surface area contributed by atoms with Gasteiger partial charge in [0.1, 0.15) is 0 Å². The summed E-state index contributed by atoms with van der Waals surface area (Å²) in [5.41, 5.74) is 8.52. The Hall–Kier alpha value is -1.03. The van der Waals surface area contributed by atoms with E-state index in [0.29, 0.717) is 0 Å². The van der Waals surface area contributed by atoms with Gasteiger partial charge in [0, 0.05) is 23.5 Å². The zero-order chi connectivity index (χ0) is 11.2. The van der Waals surface area contributed by atoms with Crippen molar-refractivity contribution in [1.29, 1.82) is 0 Å². The van der Waals surface area contributed by atoms with Crippen molar-refractivity contribution < 1.29 is 0 Å². The van der Waals surface area contributed by atoms with Crippen molar-refractivity contribution in [3.63, 3.8) is 0 Å². The molecular weight excluding hydrogens is 254 g/mol. The molecule has 0 saturated carbocycles. The molecule has 2 aromatic heterocycles. The van der Waals surface area contributed by atoms with Gasteiger partial charge in [-0.15, -0.1) is 0 Å². The summed E-state index contributed by atoms with van der Waals surface area (Å²) < 4.78 is 2.89. The van der Waals surface area contributed by atoms with Gasteiger partial charge in [0.05, 0.1) is 10.2 Å². The van der Waals surface area contributed by atoms with E-state index >= 15 is 0 Å². The first-order chi connectivity index (χ1) is 6.88. The van der Waals surface area contributed by atoms with Crippen molar-refractivity contribution in [2.45, 2.75) is 26.2 Å². The van der Waals surface area contributed by atoms with E-state index in [1.807, 2.05) is 22.9 Å². The summed E-state index contributed by atoms with van der Waals surface area (Å²) >= 11 is 3.46. The number of imidazole rings is 1. The van der Waals surface area contributed by atoms with Crippen molar-refractivity contribution >= 4 is 27.3 Å². The molecule has 0 aliphatic heterocycles. The van der Waals surface area contributed by atoms with Crippen LogP contribution in [-0.2, 0) is 5.41 Å². The molecule has 0 unspecified atom stereocenters. The first-order valence-electron chi connectivity index (χ1n) is 4.82. The molecule has 2 rings (SSSR count). The van der Waals surface area contributed by atoms with Crippen LogP contribution in [0.15, 0.2) is 22.9 Å². The Kier molecular flexibility index (Phi) is 2.26. The van der Waals surface area contributed by atoms with Crippen LogP contribution in [0.5, 0.6) is 0 Å². The minimum atomic E-state index is 0.0558. The summed E-state index contributed by atoms with van der Waals surface area (Å²) in [4.78, 5) is 4.59. The molecule has 0 radical (unpaired) electrons. The molecule has 80 valence electrons. The van der Waals surface area contributed by atoms with Crippen molar-refractivity contribution in [3.8, 4) is 0 Å². The van der Waals surface area contributed by atoms with Crippen LogP contribution >= 0.6 is 15.9 Å². The summed E-state index contributed by atoms with van der Waals surface area (Å²) in [7, 11) is 0. The highest BCUT2D eigenvalue weighted by atomic mass is 79.9. The van der Waals surface area contributed by atoms with E-state index < -0.39 is 0 Å². The van der Waals surface area contributed by atoms with Crippen molar-refractivity contribution in [2.75, 3.05) is 5.73 Å². The second-order valence-corrected chi connectivity index (χ2v) is 5.58. The van der Waals surface area contributed by atoms with Crippen molar-refractivity contribution in [2.24, 2.45) is 0 Å². The molecule has 2 heterocycles. The highest BCUT2D eigenvalue weighted by Gasteiger charge is 2.18. The maximum atomic E-state index is 5.76. The smallest absolute Gasteiger partial charge is 0.151 e. The van der Waals surface area contributed by atoms with Gasteiger partial charge in [0.2, 0.25) is 0 Å². The van der Waals surface area contributed by atoms with Gasteiger partial charge in [-0.3, -0.25) is 0 Å². The molecule has 2 N–H and O–H groups in total. The van der Waals surface area contributed by atoms with Crippen molar-refractivity contribution in [3.05, 3.63) is 28.6 Å². The van der Waals surface area contributed by atoms with Gasteiger partial charge in [-0.1, -0.05) is 20.8 Å². The number of aromatic nitrogens is 2. The van der Waals surface area contributed by atoms with E-state index in [2.05, 4.69) is 41.7 Å². The lowest BCUT2D eigenvalue weighted by Gasteiger charge is -2.13. The number of pyridine rings is 1. The Morgan fingerprint density at radius 3 is 2.60 bits per heavy atom. The summed E-state index contributed by atoms with van der Waals surface area (Å²) in [5.74, 6) is 0. The molecule has 0 spiro atoms. The fourth-order valence-electron chi connectivity index (χ4n) is 1.44. The second kappa shape index (κ2) is 3.23. The van der Waals surface area contributed by atoms with Crippen LogP contribution in [0.2, 0.25) is 0 Å². The molecular formula is C11H14BrN3. The van der Waals surface area contributed by atoms with Crippen LogP contribution in [0, 0.1) is 0 Å². The Bertz CT molecular complexity index is 508. The Morgan fingerprint density at radius 2 is 2.00 bits per heavy atom. The number of fused-ring (bicyclic) bond motifs is 1. The number of anilines is 1. The minimum absolute atomic E-state index is 0.0558. The topological polar surface area (TPSA) is 43.3 Å². The van der Waals surface area contributed by atoms with E-state index in [9.17, 15) is 0 Å². The number of nitrogens with zero attached hydrogens (tertiary/aromatic N) is 2. The van der Waals surface area contributed by atoms with Gasteiger partial charge in [-0.2, -0.15) is 0 Å². The van der Waals surface area contributed by atoms with E-state index in [4.69, 9.17) is 5.73 Å². The van der Waals surface area contributed by atoms with Crippen LogP contribution in [0.4, 0.5) is 5.69 Å². The molecule has 0 saturated heterocycles. The molecule has 0 aliphatic carbocycles. The average molecular weight is 268 g/mol. The molecule has 0 amide bonds. The molecule has 0 aliphatic rings. The molecule has 0 aromatic carbocycles. The third-order valence-corrected chi connectivity index (χ3v) is 2.88. The van der Waals surface area contributed by atoms with E-state index in [-0.39, 0.29) is 5.41 Å². The predicted octanol–water partition coefficient (Wildman–Crippen LogP) is 2.98. The van der Waals surface area contributed by atoms with Gasteiger partial charge >= 0.3 is 0 Å². The third-order valence-electron chi connectivity index (χ3n) is 2.30. The van der Waals surface area contributed by atoms with Gasteiger partial charge in [-0.05, 0) is 22.0 Å². The number of nitrogen functional groups attached to an aromatic ring is 1. The van der Waals surface area contributed by atoms with Gasteiger partial charge in [-0.25, -0.2) is 4.98 Å². The fourth-order valence-corrected chi connectivity index (χ4v) is 2.00. The Morgan fingerprint density at radius 1 is 1.33 bits per heavy atom. The standard InChI is InChI=1S/C11H14BrN3/c1-11(2,3)9-6-15-5-7(13)4-8(12)10(15)14-9/h4-6H,13H2,1-3H3. The number of nitrogens with two attached hydrogens (primary N) is 1. The molecule has 4 heteroatoms. The zero-order valence-corrected chi connectivity index (χ0v) is 10.7. The lowest BCUT2D eigenvalue weighted by atomic mass is 9.93. The lowest BCUT2D eigenvalue weighted by Crippen LogP contribution is -2.11. The van der Waals surface area contributed by atoms with E-state index in [0.717, 1.165) is 21.5 Å². The Labute approximate surface area is 97.4 Å². The highest BCUT2D eigenvalue weighted by Crippen LogP contribution is 2.26. The molecule has 15 heavy (non-hydrogen) atoms. The van der Waals surface area contributed by atoms with Crippen LogP contribution in [0.1, 0.15) is 26.5 Å². The van der Waals surface area contributed by atoms with Crippen LogP contribution in [0.25, 0.3) is 5.65 Å². The molecule has 3 nitrogen and oxygen atoms in total. The number of rotatable bonds is 0. The molecule has 0 bridgehead atoms. The number of hydrogen-bond donors (Lipinski definition) is 1. The van der Waals surface area contributed by atoms with Gasteiger partial charge in [0.25, 0.3) is 0 Å². The molecule has 2 aromatic rings. The van der Waals surface area contributed by atoms with E-state index in [1.165, 1.54) is 0 Å². The molecule has 0 atom stereocenters. The first-order valence-corrected chi connectivity index (χ1v) is 5.61. The second-order valence-electron chi connectivity index (χ2n) is 4.73. The summed E-state index contributed by atoms with van der Waals surface area (Å²) in [6, 6.07) is 1.87. The maximum Gasteiger partial charge on any atom is 0.151 e. The summed E-state index contributed by atoms with van der Waals surface area (Å²) in [6.45, 7) is 6.43. The first kappa shape index (κ1) is 10.5. The van der Waals surface area contributed by atoms with Crippen LogP contribution in [-0.4, -0.2) is 9.38 Å². The van der Waals surface area contributed by atoms with E-state index in [1.54, 1.807) is 0 Å². The number of halogens is 1. The predicted molar refractivity (Wildman–Crippen MR) is 66.0 cm³/mol. The third kappa shape index (κ3) is 1.86. The highest BCUT2D eigenvalue weighted by molar-refractivity contribution is 9.10. The lowest BCUT2D eigenvalue weighted by molar-refractivity contribution is 0.573. The average Bonchev–Trinajstić information content (AvgIpc) is 2.46. The monoisotopic (exact) mass is 267 g/mol. The Balaban J connectivity index is 2.71. The maximum absolute atomic E-state index is 5.76. The normalized spacial score (nSPS) is 12.3.